The van der Waals surface area contributed by atoms with Crippen LogP contribution in [0.1, 0.15) is 22.6 Å². The van der Waals surface area contributed by atoms with Crippen molar-refractivity contribution in [3.05, 3.63) is 77.6 Å². The minimum absolute atomic E-state index is 0.0408. The number of amides is 1. The first kappa shape index (κ1) is 16.7. The van der Waals surface area contributed by atoms with E-state index in [0.29, 0.717) is 13.1 Å². The van der Waals surface area contributed by atoms with Crippen LogP contribution in [0.5, 0.6) is 0 Å². The molecule has 1 atom stereocenters. The number of benzene rings is 2. The lowest BCUT2D eigenvalue weighted by Gasteiger charge is -2.34. The highest BCUT2D eigenvalue weighted by molar-refractivity contribution is 5.80. The summed E-state index contributed by atoms with van der Waals surface area (Å²) < 4.78 is 3.48. The summed E-state index contributed by atoms with van der Waals surface area (Å²) in [6.45, 7) is 1.43. The van der Waals surface area contributed by atoms with Gasteiger partial charge in [-0.05, 0) is 28.8 Å². The minimum Gasteiger partial charge on any atom is -0.336 e. The number of carbonyl (C=O) groups excluding carboxylic acids is 1. The Morgan fingerprint density at radius 3 is 2.82 bits per heavy atom. The van der Waals surface area contributed by atoms with Crippen LogP contribution in [0.2, 0.25) is 0 Å². The highest BCUT2D eigenvalue weighted by atomic mass is 16.2. The molecule has 3 heterocycles. The maximum absolute atomic E-state index is 13.1. The molecule has 1 aliphatic rings. The van der Waals surface area contributed by atoms with E-state index in [9.17, 15) is 4.79 Å². The largest absolute Gasteiger partial charge is 0.336 e. The topological polar surface area (TPSA) is 68.8 Å². The molecule has 7 heteroatoms. The lowest BCUT2D eigenvalue weighted by molar-refractivity contribution is -0.133. The molecule has 2 aromatic heterocycles. The molecular weight excluding hydrogens is 352 g/mol. The molecule has 0 spiro atoms. The molecule has 7 nitrogen and oxygen atoms in total. The first-order valence-electron chi connectivity index (χ1n) is 9.31. The quantitative estimate of drug-likeness (QED) is 0.554. The van der Waals surface area contributed by atoms with Crippen molar-refractivity contribution >= 4 is 16.9 Å². The van der Waals surface area contributed by atoms with Gasteiger partial charge in [0.25, 0.3) is 0 Å². The van der Waals surface area contributed by atoms with Crippen LogP contribution in [-0.2, 0) is 24.9 Å². The van der Waals surface area contributed by atoms with Crippen LogP contribution >= 0.6 is 0 Å². The second kappa shape index (κ2) is 6.60. The van der Waals surface area contributed by atoms with Crippen molar-refractivity contribution in [1.29, 1.82) is 0 Å². The highest BCUT2D eigenvalue weighted by Gasteiger charge is 2.30. The Balaban J connectivity index is 1.45. The number of carbonyl (C=O) groups is 1. The summed E-state index contributed by atoms with van der Waals surface area (Å²) in [5.74, 6) is 0.161. The number of nitrogens with zero attached hydrogens (tertiary/aromatic N) is 6. The van der Waals surface area contributed by atoms with E-state index in [0.717, 1.165) is 16.6 Å². The zero-order valence-electron chi connectivity index (χ0n) is 15.6. The third-order valence-electron chi connectivity index (χ3n) is 5.38. The summed E-state index contributed by atoms with van der Waals surface area (Å²) in [7, 11) is 1.91. The molecular formula is C21H20N6O. The van der Waals surface area contributed by atoms with E-state index in [1.807, 2.05) is 54.7 Å². The molecule has 0 unspecified atom stereocenters. The van der Waals surface area contributed by atoms with Gasteiger partial charge in [-0.3, -0.25) is 9.48 Å². The zero-order chi connectivity index (χ0) is 19.1. The van der Waals surface area contributed by atoms with Crippen LogP contribution in [0.4, 0.5) is 0 Å². The molecule has 28 heavy (non-hydrogen) atoms. The van der Waals surface area contributed by atoms with Crippen LogP contribution in [0.3, 0.4) is 0 Å². The van der Waals surface area contributed by atoms with Crippen molar-refractivity contribution in [3.63, 3.8) is 0 Å². The Bertz CT molecular complexity index is 1160. The van der Waals surface area contributed by atoms with Crippen LogP contribution in [0, 0.1) is 0 Å². The van der Waals surface area contributed by atoms with Crippen molar-refractivity contribution < 1.29 is 4.79 Å². The Labute approximate surface area is 162 Å². The molecule has 0 saturated carbocycles. The molecule has 1 aliphatic heterocycles. The number of hydrogen-bond acceptors (Lipinski definition) is 4. The van der Waals surface area contributed by atoms with Gasteiger partial charge in [0, 0.05) is 32.3 Å². The Kier molecular flexibility index (Phi) is 3.93. The van der Waals surface area contributed by atoms with Gasteiger partial charge >= 0.3 is 0 Å². The summed E-state index contributed by atoms with van der Waals surface area (Å²) in [5.41, 5.74) is 5.24. The standard InChI is InChI=1S/C21H20N6O/c1-25-11-16(10-22-25)18-13-26(12-15-6-2-3-7-17(15)18)21(28)14-27-20-9-5-4-8-19(20)23-24-27/h2-11,18H,12-14H2,1H3/t18-/m1/s1. The van der Waals surface area contributed by atoms with E-state index in [-0.39, 0.29) is 18.4 Å². The van der Waals surface area contributed by atoms with E-state index in [4.69, 9.17) is 0 Å². The number of aromatic nitrogens is 5. The number of aryl methyl sites for hydroxylation is 1. The molecule has 2 aromatic carbocycles. The van der Waals surface area contributed by atoms with Gasteiger partial charge in [-0.25, -0.2) is 4.68 Å². The van der Waals surface area contributed by atoms with Gasteiger partial charge in [-0.15, -0.1) is 5.10 Å². The molecule has 0 radical (unpaired) electrons. The second-order valence-electron chi connectivity index (χ2n) is 7.21. The maximum atomic E-state index is 13.1. The van der Waals surface area contributed by atoms with Gasteiger partial charge in [0.15, 0.2) is 0 Å². The fraction of sp³-hybridized carbons (Fsp3) is 0.238. The molecule has 4 aromatic rings. The van der Waals surface area contributed by atoms with E-state index < -0.39 is 0 Å². The summed E-state index contributed by atoms with van der Waals surface area (Å²) in [6.07, 6.45) is 3.92. The second-order valence-corrected chi connectivity index (χ2v) is 7.21. The third-order valence-corrected chi connectivity index (χ3v) is 5.38. The monoisotopic (exact) mass is 372 g/mol. The van der Waals surface area contributed by atoms with Crippen LogP contribution in [0.25, 0.3) is 11.0 Å². The Morgan fingerprint density at radius 2 is 1.96 bits per heavy atom. The molecule has 1 amide bonds. The van der Waals surface area contributed by atoms with Crippen LogP contribution < -0.4 is 0 Å². The average molecular weight is 372 g/mol. The highest BCUT2D eigenvalue weighted by Crippen LogP contribution is 2.33. The fourth-order valence-corrected chi connectivity index (χ4v) is 3.96. The van der Waals surface area contributed by atoms with Crippen molar-refractivity contribution in [2.45, 2.75) is 19.0 Å². The number of fused-ring (bicyclic) bond motifs is 2. The zero-order valence-corrected chi connectivity index (χ0v) is 15.6. The van der Waals surface area contributed by atoms with Gasteiger partial charge in [0.05, 0.1) is 11.7 Å². The molecule has 0 saturated heterocycles. The summed E-state index contributed by atoms with van der Waals surface area (Å²) in [6, 6.07) is 16.0. The fourth-order valence-electron chi connectivity index (χ4n) is 3.96. The van der Waals surface area contributed by atoms with Crippen molar-refractivity contribution in [2.24, 2.45) is 7.05 Å². The van der Waals surface area contributed by atoms with E-state index in [1.54, 1.807) is 9.36 Å². The summed E-state index contributed by atoms with van der Waals surface area (Å²) in [5, 5.41) is 12.6. The summed E-state index contributed by atoms with van der Waals surface area (Å²) in [4.78, 5) is 15.0. The van der Waals surface area contributed by atoms with E-state index in [2.05, 4.69) is 33.6 Å². The van der Waals surface area contributed by atoms with Crippen LogP contribution in [-0.4, -0.2) is 42.1 Å². The van der Waals surface area contributed by atoms with E-state index in [1.165, 1.54) is 11.1 Å². The number of para-hydroxylation sites is 1. The van der Waals surface area contributed by atoms with Crippen molar-refractivity contribution in [1.82, 2.24) is 29.7 Å². The van der Waals surface area contributed by atoms with Gasteiger partial charge in [-0.1, -0.05) is 41.6 Å². The lowest BCUT2D eigenvalue weighted by Crippen LogP contribution is -2.40. The molecule has 0 bridgehead atoms. The molecule has 140 valence electrons. The van der Waals surface area contributed by atoms with Gasteiger partial charge < -0.3 is 4.90 Å². The maximum Gasteiger partial charge on any atom is 0.244 e. The minimum atomic E-state index is 0.0408. The molecule has 0 aliphatic carbocycles. The lowest BCUT2D eigenvalue weighted by atomic mass is 9.86. The number of rotatable bonds is 3. The Hall–Kier alpha value is -3.48. The number of hydrogen-bond donors (Lipinski definition) is 0. The predicted molar refractivity (Wildman–Crippen MR) is 104 cm³/mol. The smallest absolute Gasteiger partial charge is 0.244 e. The summed E-state index contributed by atoms with van der Waals surface area (Å²) >= 11 is 0. The Morgan fingerprint density at radius 1 is 1.14 bits per heavy atom. The third kappa shape index (κ3) is 2.85. The first-order chi connectivity index (χ1) is 13.7. The molecule has 0 N–H and O–H groups in total. The van der Waals surface area contributed by atoms with E-state index >= 15 is 0 Å². The van der Waals surface area contributed by atoms with Gasteiger partial charge in [0.2, 0.25) is 5.91 Å². The van der Waals surface area contributed by atoms with Crippen molar-refractivity contribution in [3.8, 4) is 0 Å². The molecule has 0 fully saturated rings. The van der Waals surface area contributed by atoms with Gasteiger partial charge in [0.1, 0.15) is 12.1 Å². The van der Waals surface area contributed by atoms with Crippen LogP contribution in [0.15, 0.2) is 60.9 Å². The predicted octanol–water partition coefficient (Wildman–Crippen LogP) is 2.34. The normalized spacial score (nSPS) is 16.3. The SMILES string of the molecule is Cn1cc([C@H]2CN(C(=O)Cn3nnc4ccccc43)Cc3ccccc32)cn1. The van der Waals surface area contributed by atoms with Gasteiger partial charge in [-0.2, -0.15) is 5.10 Å². The average Bonchev–Trinajstić information content (AvgIpc) is 3.33. The first-order valence-corrected chi connectivity index (χ1v) is 9.31. The molecule has 5 rings (SSSR count). The van der Waals surface area contributed by atoms with Crippen molar-refractivity contribution in [2.75, 3.05) is 6.54 Å².